The zero-order valence-electron chi connectivity index (χ0n) is 12.7. The van der Waals surface area contributed by atoms with E-state index in [0.717, 1.165) is 12.1 Å². The molecule has 1 amide bonds. The van der Waals surface area contributed by atoms with Gasteiger partial charge in [0, 0.05) is 24.6 Å². The lowest BCUT2D eigenvalue weighted by Crippen LogP contribution is -2.37. The lowest BCUT2D eigenvalue weighted by atomic mass is 9.96. The summed E-state index contributed by atoms with van der Waals surface area (Å²) in [4.78, 5) is 19.6. The van der Waals surface area contributed by atoms with E-state index < -0.39 is 17.8 Å². The SMILES string of the molecule is O=C(O)N1CCC(c2ncc(-c3cccc(C(F)(F)F)c3)[nH]2)CC1. The number of hydrogen-bond donors (Lipinski definition) is 2. The van der Waals surface area contributed by atoms with Gasteiger partial charge in [0.25, 0.3) is 0 Å². The highest BCUT2D eigenvalue weighted by Crippen LogP contribution is 2.33. The molecule has 2 N–H and O–H groups in total. The van der Waals surface area contributed by atoms with E-state index in [9.17, 15) is 18.0 Å². The summed E-state index contributed by atoms with van der Waals surface area (Å²) in [5, 5.41) is 8.95. The van der Waals surface area contributed by atoms with Crippen molar-refractivity contribution < 1.29 is 23.1 Å². The summed E-state index contributed by atoms with van der Waals surface area (Å²) in [5.41, 5.74) is 0.245. The Labute approximate surface area is 136 Å². The molecule has 1 aromatic carbocycles. The predicted molar refractivity (Wildman–Crippen MR) is 80.6 cm³/mol. The molecule has 0 bridgehead atoms. The number of H-pyrrole nitrogens is 1. The highest BCUT2D eigenvalue weighted by Gasteiger charge is 2.30. The Morgan fingerprint density at radius 2 is 2.00 bits per heavy atom. The molecular weight excluding hydrogens is 323 g/mol. The van der Waals surface area contributed by atoms with Crippen LogP contribution in [0, 0.1) is 0 Å². The first-order valence-corrected chi connectivity index (χ1v) is 7.55. The average molecular weight is 339 g/mol. The Bertz CT molecular complexity index is 734. The summed E-state index contributed by atoms with van der Waals surface area (Å²) < 4.78 is 38.4. The van der Waals surface area contributed by atoms with Crippen LogP contribution in [-0.4, -0.2) is 39.2 Å². The van der Waals surface area contributed by atoms with E-state index in [1.165, 1.54) is 17.2 Å². The Morgan fingerprint density at radius 1 is 1.29 bits per heavy atom. The fourth-order valence-electron chi connectivity index (χ4n) is 2.90. The first-order chi connectivity index (χ1) is 11.3. The van der Waals surface area contributed by atoms with Crippen molar-refractivity contribution in [3.05, 3.63) is 41.9 Å². The molecule has 24 heavy (non-hydrogen) atoms. The minimum atomic E-state index is -4.39. The van der Waals surface area contributed by atoms with E-state index in [0.29, 0.717) is 43.0 Å². The lowest BCUT2D eigenvalue weighted by Gasteiger charge is -2.28. The Kier molecular flexibility index (Phi) is 4.21. The summed E-state index contributed by atoms with van der Waals surface area (Å²) in [5.74, 6) is 0.771. The second-order valence-corrected chi connectivity index (χ2v) is 5.80. The number of halogens is 3. The van der Waals surface area contributed by atoms with Crippen molar-refractivity contribution in [3.8, 4) is 11.3 Å². The molecule has 0 saturated carbocycles. The number of likely N-dealkylation sites (tertiary alicyclic amines) is 1. The smallest absolute Gasteiger partial charge is 0.416 e. The largest absolute Gasteiger partial charge is 0.465 e. The number of rotatable bonds is 2. The van der Waals surface area contributed by atoms with E-state index >= 15 is 0 Å². The average Bonchev–Trinajstić information content (AvgIpc) is 3.04. The molecule has 0 aliphatic carbocycles. The van der Waals surface area contributed by atoms with Crippen molar-refractivity contribution in [1.29, 1.82) is 0 Å². The zero-order chi connectivity index (χ0) is 17.3. The van der Waals surface area contributed by atoms with Gasteiger partial charge in [0.05, 0.1) is 17.5 Å². The molecule has 1 aliphatic rings. The highest BCUT2D eigenvalue weighted by atomic mass is 19.4. The fourth-order valence-corrected chi connectivity index (χ4v) is 2.90. The van der Waals surface area contributed by atoms with Gasteiger partial charge in [0.1, 0.15) is 5.82 Å². The van der Waals surface area contributed by atoms with E-state index in [-0.39, 0.29) is 5.92 Å². The van der Waals surface area contributed by atoms with Crippen LogP contribution in [0.3, 0.4) is 0 Å². The van der Waals surface area contributed by atoms with Gasteiger partial charge < -0.3 is 15.0 Å². The first kappa shape index (κ1) is 16.4. The van der Waals surface area contributed by atoms with Crippen LogP contribution in [0.4, 0.5) is 18.0 Å². The number of carboxylic acid groups (broad SMARTS) is 1. The van der Waals surface area contributed by atoms with Crippen molar-refractivity contribution in [3.63, 3.8) is 0 Å². The van der Waals surface area contributed by atoms with E-state index in [2.05, 4.69) is 9.97 Å². The van der Waals surface area contributed by atoms with Gasteiger partial charge >= 0.3 is 12.3 Å². The van der Waals surface area contributed by atoms with Crippen LogP contribution in [0.5, 0.6) is 0 Å². The van der Waals surface area contributed by atoms with Gasteiger partial charge in [-0.2, -0.15) is 13.2 Å². The third-order valence-corrected chi connectivity index (χ3v) is 4.25. The van der Waals surface area contributed by atoms with E-state index in [1.807, 2.05) is 0 Å². The van der Waals surface area contributed by atoms with Crippen molar-refractivity contribution in [1.82, 2.24) is 14.9 Å². The Balaban J connectivity index is 1.76. The molecule has 2 aromatic rings. The number of amides is 1. The van der Waals surface area contributed by atoms with Crippen LogP contribution in [0.25, 0.3) is 11.3 Å². The number of carbonyl (C=O) groups is 1. The summed E-state index contributed by atoms with van der Waals surface area (Å²) in [6.07, 6.45) is -2.52. The molecule has 5 nitrogen and oxygen atoms in total. The number of aromatic nitrogens is 2. The van der Waals surface area contributed by atoms with Crippen molar-refractivity contribution in [2.75, 3.05) is 13.1 Å². The summed E-state index contributed by atoms with van der Waals surface area (Å²) in [6, 6.07) is 5.08. The number of nitrogens with zero attached hydrogens (tertiary/aromatic N) is 2. The molecule has 1 fully saturated rings. The van der Waals surface area contributed by atoms with Crippen molar-refractivity contribution >= 4 is 6.09 Å². The monoisotopic (exact) mass is 339 g/mol. The van der Waals surface area contributed by atoms with Crippen LogP contribution in [0.15, 0.2) is 30.5 Å². The third kappa shape index (κ3) is 3.37. The fraction of sp³-hybridized carbons (Fsp3) is 0.375. The number of imidazole rings is 1. The van der Waals surface area contributed by atoms with Gasteiger partial charge in [-0.3, -0.25) is 0 Å². The normalized spacial score (nSPS) is 16.4. The molecule has 0 radical (unpaired) electrons. The molecule has 1 aromatic heterocycles. The molecule has 1 saturated heterocycles. The predicted octanol–water partition coefficient (Wildman–Crippen LogP) is 3.95. The maximum atomic E-state index is 12.8. The molecule has 128 valence electrons. The summed E-state index contributed by atoms with van der Waals surface area (Å²) in [7, 11) is 0. The Hall–Kier alpha value is -2.51. The van der Waals surface area contributed by atoms with Crippen LogP contribution in [0.1, 0.15) is 30.1 Å². The highest BCUT2D eigenvalue weighted by molar-refractivity contribution is 5.65. The Morgan fingerprint density at radius 3 is 2.62 bits per heavy atom. The van der Waals surface area contributed by atoms with E-state index in [4.69, 9.17) is 5.11 Å². The maximum Gasteiger partial charge on any atom is 0.416 e. The van der Waals surface area contributed by atoms with Crippen LogP contribution >= 0.6 is 0 Å². The van der Waals surface area contributed by atoms with Gasteiger partial charge in [0.2, 0.25) is 0 Å². The standard InChI is InChI=1S/C16H16F3N3O2/c17-16(18,19)12-3-1-2-11(8-12)13-9-20-14(21-13)10-4-6-22(7-5-10)15(23)24/h1-3,8-10H,4-7H2,(H,20,21)(H,23,24). The van der Waals surface area contributed by atoms with E-state index in [1.54, 1.807) is 6.07 Å². The molecule has 3 rings (SSSR count). The molecule has 1 aliphatic heterocycles. The maximum absolute atomic E-state index is 12.8. The number of benzene rings is 1. The molecule has 0 unspecified atom stereocenters. The number of aromatic amines is 1. The summed E-state index contributed by atoms with van der Waals surface area (Å²) in [6.45, 7) is 0.860. The number of nitrogens with one attached hydrogen (secondary N) is 1. The number of piperidine rings is 1. The quantitative estimate of drug-likeness (QED) is 0.870. The zero-order valence-corrected chi connectivity index (χ0v) is 12.7. The molecular formula is C16H16F3N3O2. The second-order valence-electron chi connectivity index (χ2n) is 5.80. The molecule has 0 spiro atoms. The molecule has 2 heterocycles. The van der Waals surface area contributed by atoms with Gasteiger partial charge in [-0.1, -0.05) is 12.1 Å². The number of alkyl halides is 3. The van der Waals surface area contributed by atoms with Crippen LogP contribution in [0.2, 0.25) is 0 Å². The third-order valence-electron chi connectivity index (χ3n) is 4.25. The van der Waals surface area contributed by atoms with Crippen LogP contribution < -0.4 is 0 Å². The minimum Gasteiger partial charge on any atom is -0.465 e. The van der Waals surface area contributed by atoms with Gasteiger partial charge in [-0.05, 0) is 25.0 Å². The van der Waals surface area contributed by atoms with Crippen molar-refractivity contribution in [2.24, 2.45) is 0 Å². The summed E-state index contributed by atoms with van der Waals surface area (Å²) >= 11 is 0. The van der Waals surface area contributed by atoms with Gasteiger partial charge in [-0.15, -0.1) is 0 Å². The van der Waals surface area contributed by atoms with Crippen molar-refractivity contribution in [2.45, 2.75) is 24.9 Å². The first-order valence-electron chi connectivity index (χ1n) is 7.55. The molecule has 8 heteroatoms. The van der Waals surface area contributed by atoms with Gasteiger partial charge in [0.15, 0.2) is 0 Å². The minimum absolute atomic E-state index is 0.0835. The number of hydrogen-bond acceptors (Lipinski definition) is 2. The van der Waals surface area contributed by atoms with Gasteiger partial charge in [-0.25, -0.2) is 9.78 Å². The second kappa shape index (κ2) is 6.18. The molecule has 0 atom stereocenters. The lowest BCUT2D eigenvalue weighted by molar-refractivity contribution is -0.137. The topological polar surface area (TPSA) is 69.2 Å². The van der Waals surface area contributed by atoms with Crippen LogP contribution in [-0.2, 0) is 6.18 Å².